The van der Waals surface area contributed by atoms with Gasteiger partial charge in [-0.1, -0.05) is 0 Å². The Hall–Kier alpha value is -2.11. The summed E-state index contributed by atoms with van der Waals surface area (Å²) in [5.74, 6) is 3.06. The fourth-order valence-electron chi connectivity index (χ4n) is 3.52. The number of benzene rings is 1. The van der Waals surface area contributed by atoms with E-state index in [9.17, 15) is 4.79 Å². The molecule has 3 heterocycles. The molecule has 166 valence electrons. The molecule has 1 atom stereocenters. The summed E-state index contributed by atoms with van der Waals surface area (Å²) < 4.78 is 21.9. The van der Waals surface area contributed by atoms with Crippen LogP contribution in [0.25, 0.3) is 0 Å². The number of aliphatic imine (C=N–C) groups is 1. The highest BCUT2D eigenvalue weighted by molar-refractivity contribution is 14.0. The lowest BCUT2D eigenvalue weighted by atomic mass is 10.2. The topological polar surface area (TPSA) is 84.9 Å². The number of piperazine rings is 1. The molecule has 3 aliphatic rings. The lowest BCUT2D eigenvalue weighted by molar-refractivity contribution is 0.0137. The zero-order valence-corrected chi connectivity index (χ0v) is 19.9. The summed E-state index contributed by atoms with van der Waals surface area (Å²) in [6.07, 6.45) is -0.254. The first-order valence-electron chi connectivity index (χ1n) is 9.94. The average Bonchev–Trinajstić information content (AvgIpc) is 3.29. The van der Waals surface area contributed by atoms with Gasteiger partial charge in [-0.15, -0.1) is 24.0 Å². The van der Waals surface area contributed by atoms with Crippen LogP contribution in [0.4, 0.5) is 4.79 Å². The average molecular weight is 532 g/mol. The van der Waals surface area contributed by atoms with Gasteiger partial charge in [0.15, 0.2) is 17.5 Å². The summed E-state index contributed by atoms with van der Waals surface area (Å²) in [7, 11) is 0. The van der Waals surface area contributed by atoms with E-state index < -0.39 is 5.60 Å². The van der Waals surface area contributed by atoms with E-state index in [4.69, 9.17) is 18.9 Å². The molecule has 4 rings (SSSR count). The number of hydrogen-bond acceptors (Lipinski definition) is 8. The van der Waals surface area contributed by atoms with Gasteiger partial charge < -0.3 is 34.1 Å². The van der Waals surface area contributed by atoms with Crippen LogP contribution in [0.5, 0.6) is 17.2 Å². The zero-order valence-electron chi connectivity index (χ0n) is 17.6. The molecule has 1 aromatic carbocycles. The first kappa shape index (κ1) is 22.6. The van der Waals surface area contributed by atoms with E-state index in [1.54, 1.807) is 4.90 Å². The monoisotopic (exact) mass is 532 g/mol. The summed E-state index contributed by atoms with van der Waals surface area (Å²) in [5, 5.41) is 3.35. The molecule has 1 unspecified atom stereocenters. The Balaban J connectivity index is 0.00000256. The van der Waals surface area contributed by atoms with Crippen molar-refractivity contribution >= 4 is 36.0 Å². The van der Waals surface area contributed by atoms with Gasteiger partial charge >= 0.3 is 6.09 Å². The molecule has 0 radical (unpaired) electrons. The van der Waals surface area contributed by atoms with Crippen LogP contribution in [0, 0.1) is 0 Å². The minimum absolute atomic E-state index is 0. The molecule has 1 saturated heterocycles. The van der Waals surface area contributed by atoms with Gasteiger partial charge in [0.05, 0.1) is 19.1 Å². The van der Waals surface area contributed by atoms with Crippen molar-refractivity contribution in [2.24, 2.45) is 4.99 Å². The molecule has 0 aromatic heterocycles. The van der Waals surface area contributed by atoms with E-state index in [0.29, 0.717) is 38.5 Å². The molecule has 9 nitrogen and oxygen atoms in total. The SMILES string of the molecule is CC(C)(C)OC(=O)N1CCN2C(NCCOc3ccc4c(c3)OCO4)=NCC2C1.I. The van der Waals surface area contributed by atoms with Gasteiger partial charge in [-0.05, 0) is 32.9 Å². The van der Waals surface area contributed by atoms with Crippen molar-refractivity contribution in [1.82, 2.24) is 15.1 Å². The second-order valence-corrected chi connectivity index (χ2v) is 8.23. The van der Waals surface area contributed by atoms with Crippen LogP contribution in [0.1, 0.15) is 20.8 Å². The fourth-order valence-corrected chi connectivity index (χ4v) is 3.52. The van der Waals surface area contributed by atoms with E-state index in [1.165, 1.54) is 0 Å². The number of ether oxygens (including phenoxy) is 4. The molecular weight excluding hydrogens is 503 g/mol. The van der Waals surface area contributed by atoms with Crippen molar-refractivity contribution in [1.29, 1.82) is 0 Å². The summed E-state index contributed by atoms with van der Waals surface area (Å²) in [5.41, 5.74) is -0.481. The van der Waals surface area contributed by atoms with Gasteiger partial charge in [-0.2, -0.15) is 0 Å². The van der Waals surface area contributed by atoms with E-state index in [-0.39, 0.29) is 42.9 Å². The van der Waals surface area contributed by atoms with E-state index in [2.05, 4.69) is 15.2 Å². The Kier molecular flexibility index (Phi) is 7.04. The predicted octanol–water partition coefficient (Wildman–Crippen LogP) is 2.29. The summed E-state index contributed by atoms with van der Waals surface area (Å²) in [6, 6.07) is 5.74. The van der Waals surface area contributed by atoms with Crippen molar-refractivity contribution in [3.8, 4) is 17.2 Å². The first-order chi connectivity index (χ1) is 13.9. The number of halogens is 1. The van der Waals surface area contributed by atoms with Crippen LogP contribution >= 0.6 is 24.0 Å². The third kappa shape index (κ3) is 5.32. The van der Waals surface area contributed by atoms with Crippen LogP contribution in [0.2, 0.25) is 0 Å². The van der Waals surface area contributed by atoms with Gasteiger partial charge in [0.25, 0.3) is 0 Å². The fraction of sp³-hybridized carbons (Fsp3) is 0.600. The number of guanidine groups is 1. The highest BCUT2D eigenvalue weighted by atomic mass is 127. The van der Waals surface area contributed by atoms with E-state index >= 15 is 0 Å². The van der Waals surface area contributed by atoms with Crippen molar-refractivity contribution in [3.63, 3.8) is 0 Å². The van der Waals surface area contributed by atoms with Crippen LogP contribution in [0.15, 0.2) is 23.2 Å². The number of nitrogens with zero attached hydrogens (tertiary/aromatic N) is 3. The maximum absolute atomic E-state index is 12.3. The minimum atomic E-state index is -0.481. The van der Waals surface area contributed by atoms with Crippen molar-refractivity contribution in [2.45, 2.75) is 32.4 Å². The van der Waals surface area contributed by atoms with Gasteiger partial charge in [0.2, 0.25) is 6.79 Å². The number of fused-ring (bicyclic) bond motifs is 2. The van der Waals surface area contributed by atoms with Crippen LogP contribution < -0.4 is 19.5 Å². The van der Waals surface area contributed by atoms with Crippen LogP contribution in [-0.4, -0.2) is 79.6 Å². The lowest BCUT2D eigenvalue weighted by Gasteiger charge is -2.39. The standard InChI is InChI=1S/C20H28N4O5.HI/c1-20(2,3)29-19(25)23-7-8-24-14(12-23)11-22-18(24)21-6-9-26-15-4-5-16-17(10-15)28-13-27-16;/h4-5,10,14H,6-9,11-13H2,1-3H3,(H,21,22);1H. The molecule has 0 bridgehead atoms. The van der Waals surface area contributed by atoms with Gasteiger partial charge in [-0.3, -0.25) is 4.99 Å². The molecule has 0 spiro atoms. The highest BCUT2D eigenvalue weighted by Crippen LogP contribution is 2.35. The number of carbonyl (C=O) groups is 1. The Labute approximate surface area is 193 Å². The molecule has 0 saturated carbocycles. The molecule has 1 N–H and O–H groups in total. The Morgan fingerprint density at radius 1 is 1.27 bits per heavy atom. The Morgan fingerprint density at radius 2 is 2.07 bits per heavy atom. The maximum Gasteiger partial charge on any atom is 0.410 e. The van der Waals surface area contributed by atoms with Gasteiger partial charge in [-0.25, -0.2) is 4.79 Å². The number of nitrogens with one attached hydrogen (secondary N) is 1. The number of carbonyl (C=O) groups excluding carboxylic acids is 1. The smallest absolute Gasteiger partial charge is 0.410 e. The van der Waals surface area contributed by atoms with Crippen molar-refractivity contribution in [2.75, 3.05) is 46.1 Å². The zero-order chi connectivity index (χ0) is 20.4. The third-order valence-corrected chi connectivity index (χ3v) is 4.86. The normalized spacial score (nSPS) is 19.6. The molecule has 1 amide bonds. The predicted molar refractivity (Wildman–Crippen MR) is 122 cm³/mol. The largest absolute Gasteiger partial charge is 0.492 e. The third-order valence-electron chi connectivity index (χ3n) is 4.86. The summed E-state index contributed by atoms with van der Waals surface area (Å²) in [4.78, 5) is 20.9. The second-order valence-electron chi connectivity index (χ2n) is 8.23. The molecule has 1 fully saturated rings. The molecule has 30 heavy (non-hydrogen) atoms. The summed E-state index contributed by atoms with van der Waals surface area (Å²) in [6.45, 7) is 9.69. The van der Waals surface area contributed by atoms with Crippen molar-refractivity contribution in [3.05, 3.63) is 18.2 Å². The Bertz CT molecular complexity index is 798. The van der Waals surface area contributed by atoms with E-state index in [0.717, 1.165) is 24.0 Å². The van der Waals surface area contributed by atoms with Gasteiger partial charge in [0, 0.05) is 25.7 Å². The van der Waals surface area contributed by atoms with Gasteiger partial charge in [0.1, 0.15) is 18.0 Å². The molecule has 0 aliphatic carbocycles. The van der Waals surface area contributed by atoms with Crippen molar-refractivity contribution < 1.29 is 23.7 Å². The van der Waals surface area contributed by atoms with Crippen LogP contribution in [-0.2, 0) is 4.74 Å². The molecule has 10 heteroatoms. The Morgan fingerprint density at radius 3 is 2.87 bits per heavy atom. The quantitative estimate of drug-likeness (QED) is 0.471. The minimum Gasteiger partial charge on any atom is -0.492 e. The second kappa shape index (κ2) is 9.36. The maximum atomic E-state index is 12.3. The number of amides is 1. The highest BCUT2D eigenvalue weighted by Gasteiger charge is 2.36. The number of rotatable bonds is 4. The molecule has 1 aromatic rings. The number of hydrogen-bond donors (Lipinski definition) is 1. The van der Waals surface area contributed by atoms with E-state index in [1.807, 2.05) is 39.0 Å². The summed E-state index contributed by atoms with van der Waals surface area (Å²) >= 11 is 0. The van der Waals surface area contributed by atoms with Crippen LogP contribution in [0.3, 0.4) is 0 Å². The lowest BCUT2D eigenvalue weighted by Crippen LogP contribution is -2.57. The first-order valence-corrected chi connectivity index (χ1v) is 9.94. The molecular formula is C20H29IN4O5. The molecule has 3 aliphatic heterocycles.